The second kappa shape index (κ2) is 7.98. The number of imidazole rings is 1. The highest BCUT2D eigenvalue weighted by atomic mass is 16.4. The summed E-state index contributed by atoms with van der Waals surface area (Å²) in [6, 6.07) is 5.16. The summed E-state index contributed by atoms with van der Waals surface area (Å²) in [7, 11) is 0. The molecule has 0 spiro atoms. The minimum Gasteiger partial charge on any atom is -0.480 e. The number of carboxylic acids is 1. The molecule has 2 aromatic rings. The van der Waals surface area contributed by atoms with Gasteiger partial charge < -0.3 is 15.3 Å². The molecular formula is C23H30N4O4. The first-order chi connectivity index (χ1) is 14.7. The topological polar surface area (TPSA) is 104 Å². The molecule has 31 heavy (non-hydrogen) atoms. The quantitative estimate of drug-likeness (QED) is 0.708. The Hall–Kier alpha value is -2.90. The van der Waals surface area contributed by atoms with Gasteiger partial charge >= 0.3 is 5.97 Å². The average Bonchev–Trinajstić information content (AvgIpc) is 3.19. The Morgan fingerprint density at radius 3 is 2.71 bits per heavy atom. The van der Waals surface area contributed by atoms with Crippen LogP contribution >= 0.6 is 0 Å². The molecule has 3 saturated carbocycles. The van der Waals surface area contributed by atoms with E-state index in [1.165, 1.54) is 23.9 Å². The number of nitrogens with zero attached hydrogens (tertiary/aromatic N) is 3. The Balaban J connectivity index is 1.49. The number of hydrogen-bond acceptors (Lipinski definition) is 4. The summed E-state index contributed by atoms with van der Waals surface area (Å²) in [5.41, 5.74) is 1.38. The number of likely N-dealkylation sites (N-methyl/N-ethyl adjacent to an activating group) is 1. The van der Waals surface area contributed by atoms with Crippen molar-refractivity contribution < 1.29 is 19.5 Å². The number of aliphatic carboxylic acids is 1. The minimum atomic E-state index is -1.08. The third kappa shape index (κ3) is 3.79. The van der Waals surface area contributed by atoms with Gasteiger partial charge in [-0.25, -0.2) is 4.98 Å². The molecule has 2 N–H and O–H groups in total. The summed E-state index contributed by atoms with van der Waals surface area (Å²) >= 11 is 0. The molecule has 3 aliphatic rings. The van der Waals surface area contributed by atoms with Gasteiger partial charge in [-0.05, 0) is 61.5 Å². The highest BCUT2D eigenvalue weighted by Crippen LogP contribution is 2.61. The number of aromatic nitrogens is 2. The zero-order valence-corrected chi connectivity index (χ0v) is 18.3. The maximum absolute atomic E-state index is 13.0. The standard InChI is InChI=1S/C23H30N4O4/c1-4-26(13-20(28)29)22(31)17-12-27-18(6-5-7-19(27)25-17)21(30)24-11-14-8-9-15-10-16(14)23(15,2)3/h5-7,12,14-16H,4,8-11,13H2,1-3H3,(H,24,30)(H,28,29)/t14-,15-,16+/m0/s1. The van der Waals surface area contributed by atoms with Crippen LogP contribution in [0.3, 0.4) is 0 Å². The lowest BCUT2D eigenvalue weighted by atomic mass is 9.45. The normalized spacial score (nSPS) is 23.8. The van der Waals surface area contributed by atoms with E-state index < -0.39 is 18.4 Å². The van der Waals surface area contributed by atoms with Crippen molar-refractivity contribution in [2.45, 2.75) is 40.0 Å². The number of carbonyl (C=O) groups excluding carboxylic acids is 2. The molecule has 2 bridgehead atoms. The van der Waals surface area contributed by atoms with Gasteiger partial charge in [-0.2, -0.15) is 0 Å². The first kappa shape index (κ1) is 21.3. The van der Waals surface area contributed by atoms with Gasteiger partial charge in [-0.15, -0.1) is 0 Å². The van der Waals surface area contributed by atoms with Crippen LogP contribution in [0.1, 0.15) is 61.0 Å². The number of carbonyl (C=O) groups is 3. The highest BCUT2D eigenvalue weighted by molar-refractivity contribution is 5.96. The number of hydrogen-bond donors (Lipinski definition) is 2. The number of rotatable bonds is 7. The lowest BCUT2D eigenvalue weighted by molar-refractivity contribution is -0.137. The van der Waals surface area contributed by atoms with Gasteiger partial charge in [0.15, 0.2) is 0 Å². The van der Waals surface area contributed by atoms with Gasteiger partial charge in [0.25, 0.3) is 11.8 Å². The minimum absolute atomic E-state index is 0.123. The first-order valence-corrected chi connectivity index (χ1v) is 11.0. The number of amides is 2. The molecule has 2 heterocycles. The molecule has 5 rings (SSSR count). The van der Waals surface area contributed by atoms with Gasteiger partial charge in [0, 0.05) is 19.3 Å². The highest BCUT2D eigenvalue weighted by Gasteiger charge is 2.53. The summed E-state index contributed by atoms with van der Waals surface area (Å²) in [6.07, 6.45) is 5.16. The molecular weight excluding hydrogens is 396 g/mol. The van der Waals surface area contributed by atoms with Gasteiger partial charge in [0.05, 0.1) is 0 Å². The van der Waals surface area contributed by atoms with E-state index >= 15 is 0 Å². The third-order valence-electron chi connectivity index (χ3n) is 7.47. The fourth-order valence-corrected chi connectivity index (χ4v) is 5.47. The largest absolute Gasteiger partial charge is 0.480 e. The maximum atomic E-state index is 13.0. The molecule has 3 fully saturated rings. The molecule has 2 aromatic heterocycles. The van der Waals surface area contributed by atoms with Crippen LogP contribution in [0, 0.1) is 23.2 Å². The van der Waals surface area contributed by atoms with E-state index in [0.717, 1.165) is 12.3 Å². The number of fused-ring (bicyclic) bond motifs is 3. The van der Waals surface area contributed by atoms with Crippen LogP contribution in [0.5, 0.6) is 0 Å². The molecule has 166 valence electrons. The Morgan fingerprint density at radius 2 is 2.06 bits per heavy atom. The fourth-order valence-electron chi connectivity index (χ4n) is 5.47. The average molecular weight is 427 g/mol. The fraction of sp³-hybridized carbons (Fsp3) is 0.565. The van der Waals surface area contributed by atoms with Crippen molar-refractivity contribution in [2.75, 3.05) is 19.6 Å². The van der Waals surface area contributed by atoms with Crippen LogP contribution in [0.15, 0.2) is 24.4 Å². The van der Waals surface area contributed by atoms with Gasteiger partial charge in [-0.1, -0.05) is 19.9 Å². The lowest BCUT2D eigenvalue weighted by Gasteiger charge is -2.60. The molecule has 0 aliphatic heterocycles. The van der Waals surface area contributed by atoms with Crippen molar-refractivity contribution in [1.82, 2.24) is 19.6 Å². The van der Waals surface area contributed by atoms with Crippen molar-refractivity contribution in [1.29, 1.82) is 0 Å². The SMILES string of the molecule is CCN(CC(=O)O)C(=O)c1cn2c(C(=O)NC[C@@H]3CC[C@H]4C[C@H]3C4(C)C)cccc2n1. The predicted octanol–water partition coefficient (Wildman–Crippen LogP) is 2.68. The Labute approximate surface area is 181 Å². The molecule has 8 nitrogen and oxygen atoms in total. The smallest absolute Gasteiger partial charge is 0.323 e. The van der Waals surface area contributed by atoms with Crippen LogP contribution in [0.25, 0.3) is 5.65 Å². The number of pyridine rings is 1. The number of nitrogens with one attached hydrogen (secondary N) is 1. The first-order valence-electron chi connectivity index (χ1n) is 11.0. The second-order valence-corrected chi connectivity index (χ2v) is 9.39. The van der Waals surface area contributed by atoms with E-state index in [4.69, 9.17) is 5.11 Å². The van der Waals surface area contributed by atoms with Crippen LogP contribution in [-0.2, 0) is 4.79 Å². The molecule has 0 unspecified atom stereocenters. The van der Waals surface area contributed by atoms with Crippen LogP contribution in [0.2, 0.25) is 0 Å². The number of carboxylic acid groups (broad SMARTS) is 1. The molecule has 2 amide bonds. The van der Waals surface area contributed by atoms with Gasteiger partial charge in [0.2, 0.25) is 0 Å². The van der Waals surface area contributed by atoms with E-state index in [1.54, 1.807) is 29.5 Å². The molecule has 0 aromatic carbocycles. The van der Waals surface area contributed by atoms with Crippen LogP contribution in [0.4, 0.5) is 0 Å². The summed E-state index contributed by atoms with van der Waals surface area (Å²) in [4.78, 5) is 42.2. The predicted molar refractivity (Wildman–Crippen MR) is 115 cm³/mol. The zero-order chi connectivity index (χ0) is 22.3. The summed E-state index contributed by atoms with van der Waals surface area (Å²) in [5, 5.41) is 12.1. The Morgan fingerprint density at radius 1 is 1.29 bits per heavy atom. The Kier molecular flexibility index (Phi) is 5.49. The molecule has 0 radical (unpaired) electrons. The van der Waals surface area contributed by atoms with E-state index in [-0.39, 0.29) is 18.1 Å². The van der Waals surface area contributed by atoms with Crippen molar-refractivity contribution in [3.8, 4) is 0 Å². The van der Waals surface area contributed by atoms with Crippen LogP contribution < -0.4 is 5.32 Å². The zero-order valence-electron chi connectivity index (χ0n) is 18.3. The van der Waals surface area contributed by atoms with E-state index in [2.05, 4.69) is 24.1 Å². The Bertz CT molecular complexity index is 1030. The summed E-state index contributed by atoms with van der Waals surface area (Å²) in [5.74, 6) is 0.237. The molecule has 3 aliphatic carbocycles. The summed E-state index contributed by atoms with van der Waals surface area (Å²) < 4.78 is 1.60. The van der Waals surface area contributed by atoms with E-state index in [9.17, 15) is 14.4 Å². The van der Waals surface area contributed by atoms with Gasteiger partial charge in [-0.3, -0.25) is 18.8 Å². The van der Waals surface area contributed by atoms with Gasteiger partial charge in [0.1, 0.15) is 23.6 Å². The molecule has 0 saturated heterocycles. The van der Waals surface area contributed by atoms with E-state index in [1.807, 2.05) is 0 Å². The molecule has 3 atom stereocenters. The molecule has 8 heteroatoms. The second-order valence-electron chi connectivity index (χ2n) is 9.39. The maximum Gasteiger partial charge on any atom is 0.323 e. The lowest BCUT2D eigenvalue weighted by Crippen LogP contribution is -2.54. The monoisotopic (exact) mass is 426 g/mol. The van der Waals surface area contributed by atoms with Crippen LogP contribution in [-0.4, -0.2) is 56.8 Å². The van der Waals surface area contributed by atoms with Crippen molar-refractivity contribution in [3.63, 3.8) is 0 Å². The van der Waals surface area contributed by atoms with Crippen molar-refractivity contribution in [3.05, 3.63) is 35.8 Å². The summed E-state index contributed by atoms with van der Waals surface area (Å²) in [6.45, 7) is 6.91. The van der Waals surface area contributed by atoms with Crippen molar-refractivity contribution in [2.24, 2.45) is 23.2 Å². The third-order valence-corrected chi connectivity index (χ3v) is 7.47. The van der Waals surface area contributed by atoms with E-state index in [0.29, 0.717) is 35.1 Å². The van der Waals surface area contributed by atoms with Crippen molar-refractivity contribution >= 4 is 23.4 Å².